The molecule has 1 aliphatic heterocycles. The van der Waals surface area contributed by atoms with Gasteiger partial charge in [-0.2, -0.15) is 0 Å². The van der Waals surface area contributed by atoms with Crippen molar-refractivity contribution in [3.05, 3.63) is 82.5 Å². The zero-order chi connectivity index (χ0) is 23.4. The van der Waals surface area contributed by atoms with E-state index in [1.165, 1.54) is 12.3 Å². The Kier molecular flexibility index (Phi) is 6.50. The maximum atomic E-state index is 11.8. The second-order valence-electron chi connectivity index (χ2n) is 7.81. The second-order valence-corrected chi connectivity index (χ2v) is 7.81. The molecule has 1 aliphatic rings. The van der Waals surface area contributed by atoms with Gasteiger partial charge in [0, 0.05) is 25.8 Å². The van der Waals surface area contributed by atoms with Crippen molar-refractivity contribution in [2.45, 2.75) is 12.5 Å². The lowest BCUT2D eigenvalue weighted by Gasteiger charge is -2.32. The van der Waals surface area contributed by atoms with Crippen molar-refractivity contribution in [2.24, 2.45) is 0 Å². The first-order chi connectivity index (χ1) is 15.9. The normalized spacial score (nSPS) is 15.9. The highest BCUT2D eigenvalue weighted by Crippen LogP contribution is 2.28. The van der Waals surface area contributed by atoms with Crippen LogP contribution in [-0.4, -0.2) is 54.1 Å². The average Bonchev–Trinajstić information content (AvgIpc) is 2.83. The van der Waals surface area contributed by atoms with Crippen molar-refractivity contribution in [3.63, 3.8) is 0 Å². The van der Waals surface area contributed by atoms with Crippen molar-refractivity contribution >= 4 is 23.1 Å². The number of benzene rings is 2. The number of amides is 1. The molecular weight excluding hydrogens is 424 g/mol. The number of pyridine rings is 1. The van der Waals surface area contributed by atoms with Crippen molar-refractivity contribution < 1.29 is 19.2 Å². The zero-order valence-corrected chi connectivity index (χ0v) is 18.4. The van der Waals surface area contributed by atoms with Gasteiger partial charge in [0.2, 0.25) is 5.91 Å². The molecule has 9 nitrogen and oxygen atoms in total. The number of carbonyl (C=O) groups excluding carboxylic acids is 1. The van der Waals surface area contributed by atoms with Crippen LogP contribution < -0.4 is 9.64 Å². The Balaban J connectivity index is 1.36. The van der Waals surface area contributed by atoms with Crippen LogP contribution >= 0.6 is 0 Å². The van der Waals surface area contributed by atoms with E-state index >= 15 is 0 Å². The molecule has 0 spiro atoms. The first-order valence-corrected chi connectivity index (χ1v) is 10.4. The molecule has 2 heterocycles. The first kappa shape index (κ1) is 22.2. The molecule has 1 atom stereocenters. The summed E-state index contributed by atoms with van der Waals surface area (Å²) in [6.45, 7) is 0.690. The third-order valence-electron chi connectivity index (χ3n) is 5.62. The molecule has 0 radical (unpaired) electrons. The van der Waals surface area contributed by atoms with Crippen LogP contribution in [-0.2, 0) is 16.0 Å². The molecule has 33 heavy (non-hydrogen) atoms. The molecule has 170 valence electrons. The van der Waals surface area contributed by atoms with Gasteiger partial charge in [-0.25, -0.2) is 4.98 Å². The summed E-state index contributed by atoms with van der Waals surface area (Å²) in [5, 5.41) is 10.8. The summed E-state index contributed by atoms with van der Waals surface area (Å²) in [5.41, 5.74) is 1.92. The molecule has 1 amide bonds. The highest BCUT2D eigenvalue weighted by molar-refractivity contribution is 5.78. The monoisotopic (exact) mass is 448 g/mol. The Morgan fingerprint density at radius 2 is 1.79 bits per heavy atom. The van der Waals surface area contributed by atoms with E-state index in [0.717, 1.165) is 17.7 Å². The van der Waals surface area contributed by atoms with Gasteiger partial charge in [0.1, 0.15) is 30.1 Å². The number of nitrogens with zero attached hydrogens (tertiary/aromatic N) is 4. The summed E-state index contributed by atoms with van der Waals surface area (Å²) < 4.78 is 11.3. The molecule has 1 fully saturated rings. The van der Waals surface area contributed by atoms with E-state index in [1.54, 1.807) is 11.0 Å². The Morgan fingerprint density at radius 3 is 2.39 bits per heavy atom. The van der Waals surface area contributed by atoms with Gasteiger partial charge < -0.3 is 19.3 Å². The minimum Gasteiger partial charge on any atom is -0.457 e. The molecule has 1 saturated heterocycles. The molecule has 0 bridgehead atoms. The Labute approximate surface area is 191 Å². The maximum absolute atomic E-state index is 11.8. The van der Waals surface area contributed by atoms with Crippen molar-refractivity contribution in [1.29, 1.82) is 0 Å². The van der Waals surface area contributed by atoms with Crippen LogP contribution in [0.5, 0.6) is 11.5 Å². The van der Waals surface area contributed by atoms with E-state index in [4.69, 9.17) is 9.47 Å². The fourth-order valence-corrected chi connectivity index (χ4v) is 3.55. The molecule has 4 rings (SSSR count). The van der Waals surface area contributed by atoms with Gasteiger partial charge in [-0.05, 0) is 54.4 Å². The van der Waals surface area contributed by atoms with E-state index in [0.29, 0.717) is 23.9 Å². The predicted octanol–water partition coefficient (Wildman–Crippen LogP) is 3.95. The lowest BCUT2D eigenvalue weighted by molar-refractivity contribution is -0.385. The number of aromatic nitrogens is 1. The summed E-state index contributed by atoms with van der Waals surface area (Å²) in [6, 6.07) is 18.3. The van der Waals surface area contributed by atoms with Crippen LogP contribution in [0.4, 0.5) is 17.2 Å². The van der Waals surface area contributed by atoms with Gasteiger partial charge in [0.15, 0.2) is 0 Å². The SMILES string of the molecule is CN(c1ccc(Oc2ccc(CC3COCC(=O)N3C)cc2)cc1)c1ccc([N+](=O)[O-])cn1. The highest BCUT2D eigenvalue weighted by Gasteiger charge is 2.25. The fraction of sp³-hybridized carbons (Fsp3) is 0.250. The molecule has 0 aliphatic carbocycles. The van der Waals surface area contributed by atoms with Crippen LogP contribution in [0.2, 0.25) is 0 Å². The van der Waals surface area contributed by atoms with Gasteiger partial charge in [-0.1, -0.05) is 12.1 Å². The van der Waals surface area contributed by atoms with Crippen LogP contribution in [0.1, 0.15) is 5.56 Å². The quantitative estimate of drug-likeness (QED) is 0.399. The summed E-state index contributed by atoms with van der Waals surface area (Å²) in [7, 11) is 3.65. The van der Waals surface area contributed by atoms with E-state index in [2.05, 4.69) is 4.98 Å². The third-order valence-corrected chi connectivity index (χ3v) is 5.62. The van der Waals surface area contributed by atoms with Crippen molar-refractivity contribution in [2.75, 3.05) is 32.2 Å². The summed E-state index contributed by atoms with van der Waals surface area (Å²) in [6.07, 6.45) is 1.96. The van der Waals surface area contributed by atoms with E-state index < -0.39 is 4.92 Å². The van der Waals surface area contributed by atoms with Gasteiger partial charge in [0.05, 0.1) is 17.6 Å². The number of hydrogen-bond acceptors (Lipinski definition) is 7. The van der Waals surface area contributed by atoms with E-state index in [-0.39, 0.29) is 24.2 Å². The number of nitro groups is 1. The molecule has 1 unspecified atom stereocenters. The molecule has 0 saturated carbocycles. The number of morpholine rings is 1. The van der Waals surface area contributed by atoms with Gasteiger partial charge in [-0.3, -0.25) is 14.9 Å². The third kappa shape index (κ3) is 5.27. The highest BCUT2D eigenvalue weighted by atomic mass is 16.6. The number of hydrogen-bond donors (Lipinski definition) is 0. The molecule has 9 heteroatoms. The minimum atomic E-state index is -0.473. The van der Waals surface area contributed by atoms with Crippen LogP contribution in [0.3, 0.4) is 0 Å². The summed E-state index contributed by atoms with van der Waals surface area (Å²) >= 11 is 0. The number of rotatable bonds is 7. The summed E-state index contributed by atoms with van der Waals surface area (Å²) in [5.74, 6) is 1.99. The lowest BCUT2D eigenvalue weighted by atomic mass is 10.0. The topological polar surface area (TPSA) is 98.0 Å². The maximum Gasteiger partial charge on any atom is 0.287 e. The van der Waals surface area contributed by atoms with Gasteiger partial charge >= 0.3 is 0 Å². The van der Waals surface area contributed by atoms with Gasteiger partial charge in [-0.15, -0.1) is 0 Å². The number of carbonyl (C=O) groups is 1. The zero-order valence-electron chi connectivity index (χ0n) is 18.4. The number of ether oxygens (including phenoxy) is 2. The molecule has 0 N–H and O–H groups in total. The van der Waals surface area contributed by atoms with Crippen LogP contribution in [0.25, 0.3) is 0 Å². The van der Waals surface area contributed by atoms with Crippen LogP contribution in [0, 0.1) is 10.1 Å². The molecule has 3 aromatic rings. The Morgan fingerprint density at radius 1 is 1.12 bits per heavy atom. The largest absolute Gasteiger partial charge is 0.457 e. The standard InChI is InChI=1S/C24H24N4O5/c1-26(23-12-7-19(14-25-23)28(30)31)18-5-10-22(11-6-18)33-21-8-3-17(4-9-21)13-20-15-32-16-24(29)27(20)2/h3-12,14,20H,13,15-16H2,1-2H3. The summed E-state index contributed by atoms with van der Waals surface area (Å²) in [4.78, 5) is 29.8. The fourth-order valence-electron chi connectivity index (χ4n) is 3.55. The predicted molar refractivity (Wildman–Crippen MR) is 123 cm³/mol. The van der Waals surface area contributed by atoms with E-state index in [9.17, 15) is 14.9 Å². The number of likely N-dealkylation sites (N-methyl/N-ethyl adjacent to an activating group) is 1. The minimum absolute atomic E-state index is 0.00431. The number of anilines is 2. The first-order valence-electron chi connectivity index (χ1n) is 10.4. The molecular formula is C24H24N4O5. The smallest absolute Gasteiger partial charge is 0.287 e. The second kappa shape index (κ2) is 9.66. The Bertz CT molecular complexity index is 1120. The molecule has 1 aromatic heterocycles. The van der Waals surface area contributed by atoms with E-state index in [1.807, 2.05) is 67.5 Å². The van der Waals surface area contributed by atoms with Crippen LogP contribution in [0.15, 0.2) is 66.9 Å². The van der Waals surface area contributed by atoms with Crippen molar-refractivity contribution in [3.8, 4) is 11.5 Å². The average molecular weight is 448 g/mol. The molecule has 2 aromatic carbocycles. The van der Waals surface area contributed by atoms with Gasteiger partial charge in [0.25, 0.3) is 5.69 Å². The Hall–Kier alpha value is -3.98. The van der Waals surface area contributed by atoms with Crippen molar-refractivity contribution in [1.82, 2.24) is 9.88 Å². The lowest BCUT2D eigenvalue weighted by Crippen LogP contribution is -2.47.